The molecule has 0 saturated heterocycles. The van der Waals surface area contributed by atoms with Gasteiger partial charge in [0.25, 0.3) is 0 Å². The zero-order valence-electron chi connectivity index (χ0n) is 9.39. The fourth-order valence-electron chi connectivity index (χ4n) is 1.35. The molecule has 0 aromatic carbocycles. The van der Waals surface area contributed by atoms with Crippen LogP contribution in [0.5, 0.6) is 0 Å². The molecule has 0 saturated carbocycles. The molecule has 0 spiro atoms. The standard InChI is InChI=1S/C8H9N5O5S/c14-2-4(15)1-9-6-5(13(17)18)7(16)12-8(11-6)19-3-10-12/h3-4,9,14-15H,1-2H2. The topological polar surface area (TPSA) is 143 Å². The largest absolute Gasteiger partial charge is 0.394 e. The maximum atomic E-state index is 11.8. The maximum Gasteiger partial charge on any atom is 0.377 e. The van der Waals surface area contributed by atoms with E-state index >= 15 is 0 Å². The Labute approximate surface area is 109 Å². The number of aliphatic hydroxyl groups is 2. The first-order chi connectivity index (χ1) is 9.04. The predicted octanol–water partition coefficient (Wildman–Crippen LogP) is -1.18. The van der Waals surface area contributed by atoms with Gasteiger partial charge < -0.3 is 15.5 Å². The minimum absolute atomic E-state index is 0.168. The van der Waals surface area contributed by atoms with Crippen molar-refractivity contribution in [2.24, 2.45) is 0 Å². The number of fused-ring (bicyclic) bond motifs is 1. The van der Waals surface area contributed by atoms with E-state index in [4.69, 9.17) is 5.11 Å². The van der Waals surface area contributed by atoms with Gasteiger partial charge in [0.15, 0.2) is 0 Å². The van der Waals surface area contributed by atoms with Crippen LogP contribution in [0.3, 0.4) is 0 Å². The first-order valence-corrected chi connectivity index (χ1v) is 5.96. The second kappa shape index (κ2) is 5.26. The molecule has 1 atom stereocenters. The van der Waals surface area contributed by atoms with Crippen LogP contribution in [0.25, 0.3) is 4.96 Å². The summed E-state index contributed by atoms with van der Waals surface area (Å²) in [6.45, 7) is -0.679. The van der Waals surface area contributed by atoms with Gasteiger partial charge in [-0.05, 0) is 0 Å². The van der Waals surface area contributed by atoms with E-state index in [2.05, 4.69) is 15.4 Å². The van der Waals surface area contributed by atoms with Crippen LogP contribution in [0.15, 0.2) is 10.3 Å². The lowest BCUT2D eigenvalue weighted by molar-refractivity contribution is -0.385. The number of nitrogens with zero attached hydrogens (tertiary/aromatic N) is 4. The number of hydrogen-bond donors (Lipinski definition) is 3. The number of rotatable bonds is 5. The minimum atomic E-state index is -1.11. The average Bonchev–Trinajstić information content (AvgIpc) is 2.83. The Morgan fingerprint density at radius 3 is 3.00 bits per heavy atom. The second-order valence-corrected chi connectivity index (χ2v) is 4.33. The summed E-state index contributed by atoms with van der Waals surface area (Å²) in [4.78, 5) is 26.0. The van der Waals surface area contributed by atoms with Crippen molar-refractivity contribution in [3.05, 3.63) is 26.0 Å². The van der Waals surface area contributed by atoms with E-state index in [0.717, 1.165) is 15.9 Å². The predicted molar refractivity (Wildman–Crippen MR) is 65.4 cm³/mol. The summed E-state index contributed by atoms with van der Waals surface area (Å²) in [5.41, 5.74) is -0.328. The number of nitro groups is 1. The van der Waals surface area contributed by atoms with E-state index in [0.29, 0.717) is 0 Å². The molecule has 1 unspecified atom stereocenters. The summed E-state index contributed by atoms with van der Waals surface area (Å²) >= 11 is 1.04. The Hall–Kier alpha value is -2.11. The third kappa shape index (κ3) is 2.52. The van der Waals surface area contributed by atoms with Crippen molar-refractivity contribution in [2.45, 2.75) is 6.10 Å². The highest BCUT2D eigenvalue weighted by Crippen LogP contribution is 2.19. The third-order valence-corrected chi connectivity index (χ3v) is 2.90. The van der Waals surface area contributed by atoms with Crippen molar-refractivity contribution >= 4 is 27.8 Å². The highest BCUT2D eigenvalue weighted by molar-refractivity contribution is 7.14. The van der Waals surface area contributed by atoms with Crippen molar-refractivity contribution in [3.63, 3.8) is 0 Å². The van der Waals surface area contributed by atoms with Crippen LogP contribution < -0.4 is 10.9 Å². The van der Waals surface area contributed by atoms with E-state index in [1.807, 2.05) is 0 Å². The summed E-state index contributed by atoms with van der Waals surface area (Å²) in [7, 11) is 0. The molecule has 0 bridgehead atoms. The fraction of sp³-hybridized carbons (Fsp3) is 0.375. The van der Waals surface area contributed by atoms with Gasteiger partial charge in [0.2, 0.25) is 10.8 Å². The summed E-state index contributed by atoms with van der Waals surface area (Å²) in [6, 6.07) is 0. The number of anilines is 1. The molecule has 0 radical (unpaired) electrons. The molecule has 2 aromatic heterocycles. The summed E-state index contributed by atoms with van der Waals surface area (Å²) in [6.07, 6.45) is -1.11. The van der Waals surface area contributed by atoms with Gasteiger partial charge in [-0.25, -0.2) is 0 Å². The van der Waals surface area contributed by atoms with E-state index in [1.54, 1.807) is 0 Å². The van der Waals surface area contributed by atoms with Crippen LogP contribution in [0.4, 0.5) is 11.5 Å². The molecule has 0 aliphatic rings. The molecule has 102 valence electrons. The van der Waals surface area contributed by atoms with Gasteiger partial charge >= 0.3 is 11.2 Å². The molecule has 0 amide bonds. The van der Waals surface area contributed by atoms with Gasteiger partial charge in [0, 0.05) is 6.54 Å². The molecule has 2 aromatic rings. The van der Waals surface area contributed by atoms with Crippen molar-refractivity contribution < 1.29 is 15.1 Å². The monoisotopic (exact) mass is 287 g/mol. The Morgan fingerprint density at radius 1 is 1.63 bits per heavy atom. The molecule has 0 fully saturated rings. The van der Waals surface area contributed by atoms with Crippen LogP contribution in [0, 0.1) is 10.1 Å². The number of aromatic nitrogens is 3. The van der Waals surface area contributed by atoms with E-state index in [-0.39, 0.29) is 17.3 Å². The van der Waals surface area contributed by atoms with Crippen LogP contribution >= 0.6 is 11.3 Å². The van der Waals surface area contributed by atoms with Crippen molar-refractivity contribution in [3.8, 4) is 0 Å². The molecule has 0 aliphatic heterocycles. The van der Waals surface area contributed by atoms with Gasteiger partial charge in [-0.1, -0.05) is 11.3 Å². The Balaban J connectivity index is 2.48. The first kappa shape index (κ1) is 13.3. The molecule has 19 heavy (non-hydrogen) atoms. The van der Waals surface area contributed by atoms with E-state index in [1.165, 1.54) is 5.51 Å². The maximum absolute atomic E-state index is 11.8. The van der Waals surface area contributed by atoms with Crippen LogP contribution in [-0.2, 0) is 0 Å². The van der Waals surface area contributed by atoms with Crippen LogP contribution in [0.2, 0.25) is 0 Å². The molecule has 10 nitrogen and oxygen atoms in total. The molecular formula is C8H9N5O5S. The molecule has 2 rings (SSSR count). The third-order valence-electron chi connectivity index (χ3n) is 2.23. The molecule has 11 heteroatoms. The quantitative estimate of drug-likeness (QED) is 0.461. The van der Waals surface area contributed by atoms with Crippen molar-refractivity contribution in [1.82, 2.24) is 14.6 Å². The normalized spacial score (nSPS) is 12.5. The number of hydrogen-bond acceptors (Lipinski definition) is 9. The molecule has 2 heterocycles. The number of aliphatic hydroxyl groups excluding tert-OH is 2. The molecule has 3 N–H and O–H groups in total. The Kier molecular flexibility index (Phi) is 3.69. The first-order valence-electron chi connectivity index (χ1n) is 5.08. The van der Waals surface area contributed by atoms with Crippen molar-refractivity contribution in [2.75, 3.05) is 18.5 Å². The summed E-state index contributed by atoms with van der Waals surface area (Å²) in [5.74, 6) is -0.258. The second-order valence-electron chi connectivity index (χ2n) is 3.52. The fourth-order valence-corrected chi connectivity index (χ4v) is 1.96. The highest BCUT2D eigenvalue weighted by Gasteiger charge is 2.24. The SMILES string of the molecule is O=c1c([N+](=O)[O-])c(NCC(O)CO)nc2scnn12. The van der Waals surface area contributed by atoms with Crippen LogP contribution in [0.1, 0.15) is 0 Å². The van der Waals surface area contributed by atoms with E-state index in [9.17, 15) is 20.0 Å². The minimum Gasteiger partial charge on any atom is -0.394 e. The van der Waals surface area contributed by atoms with Gasteiger partial charge in [0.05, 0.1) is 17.6 Å². The Bertz CT molecular complexity index is 667. The van der Waals surface area contributed by atoms with Crippen molar-refractivity contribution in [1.29, 1.82) is 0 Å². The zero-order chi connectivity index (χ0) is 14.0. The van der Waals surface area contributed by atoms with Gasteiger partial charge in [-0.15, -0.1) is 0 Å². The van der Waals surface area contributed by atoms with Gasteiger partial charge in [0.1, 0.15) is 5.51 Å². The lowest BCUT2D eigenvalue weighted by Gasteiger charge is -2.09. The smallest absolute Gasteiger partial charge is 0.377 e. The Morgan fingerprint density at radius 2 is 2.37 bits per heavy atom. The van der Waals surface area contributed by atoms with Gasteiger partial charge in [-0.2, -0.15) is 14.6 Å². The zero-order valence-corrected chi connectivity index (χ0v) is 10.2. The molecule has 0 aliphatic carbocycles. The summed E-state index contributed by atoms with van der Waals surface area (Å²) in [5, 5.41) is 34.9. The van der Waals surface area contributed by atoms with Crippen LogP contribution in [-0.4, -0.2) is 49.0 Å². The summed E-state index contributed by atoms with van der Waals surface area (Å²) < 4.78 is 0.830. The lowest BCUT2D eigenvalue weighted by atomic mass is 10.3. The number of nitrogens with one attached hydrogen (secondary N) is 1. The van der Waals surface area contributed by atoms with E-state index < -0.39 is 28.9 Å². The average molecular weight is 287 g/mol. The lowest BCUT2D eigenvalue weighted by Crippen LogP contribution is -2.26. The highest BCUT2D eigenvalue weighted by atomic mass is 32.1. The van der Waals surface area contributed by atoms with Gasteiger partial charge in [-0.3, -0.25) is 14.9 Å². The molecular weight excluding hydrogens is 278 g/mol.